The van der Waals surface area contributed by atoms with Gasteiger partial charge in [-0.15, -0.1) is 11.3 Å². The first-order valence-corrected chi connectivity index (χ1v) is 9.16. The Bertz CT molecular complexity index is 915. The molecule has 0 bridgehead atoms. The summed E-state index contributed by atoms with van der Waals surface area (Å²) in [5.74, 6) is -0.653. The maximum Gasteiger partial charge on any atom is 0.248 e. The Morgan fingerprint density at radius 2 is 1.77 bits per heavy atom. The highest BCUT2D eigenvalue weighted by Gasteiger charge is 2.10. The lowest BCUT2D eigenvalue weighted by Gasteiger charge is -2.04. The normalized spacial score (nSPS) is 10.5. The van der Waals surface area contributed by atoms with E-state index >= 15 is 0 Å². The number of nitrogens with zero attached hydrogens (tertiary/aromatic N) is 1. The summed E-state index contributed by atoms with van der Waals surface area (Å²) in [6.07, 6.45) is 1.20. The van der Waals surface area contributed by atoms with Crippen LogP contribution >= 0.6 is 11.3 Å². The van der Waals surface area contributed by atoms with Gasteiger partial charge < -0.3 is 11.1 Å². The summed E-state index contributed by atoms with van der Waals surface area (Å²) < 4.78 is 0. The lowest BCUT2D eigenvalue weighted by Crippen LogP contribution is -2.15. The molecule has 1 aromatic heterocycles. The number of rotatable bonds is 6. The van der Waals surface area contributed by atoms with Crippen LogP contribution in [0.2, 0.25) is 0 Å². The van der Waals surface area contributed by atoms with E-state index in [9.17, 15) is 9.59 Å². The molecule has 0 aliphatic heterocycles. The molecule has 3 N–H and O–H groups in total. The molecule has 0 saturated carbocycles. The van der Waals surface area contributed by atoms with Gasteiger partial charge in [0.1, 0.15) is 5.01 Å². The fourth-order valence-corrected chi connectivity index (χ4v) is 3.32. The van der Waals surface area contributed by atoms with Crippen LogP contribution in [0, 0.1) is 0 Å². The highest BCUT2D eigenvalue weighted by molar-refractivity contribution is 7.13. The molecule has 0 fully saturated rings. The van der Waals surface area contributed by atoms with Crippen LogP contribution in [0.1, 0.15) is 28.5 Å². The molecule has 3 aromatic rings. The smallest absolute Gasteiger partial charge is 0.248 e. The van der Waals surface area contributed by atoms with E-state index in [0.29, 0.717) is 11.3 Å². The van der Waals surface area contributed by atoms with Crippen molar-refractivity contribution in [1.82, 2.24) is 4.98 Å². The fourth-order valence-electron chi connectivity index (χ4n) is 2.49. The Morgan fingerprint density at radius 1 is 1.08 bits per heavy atom. The SMILES string of the molecule is CCc1ccc(-c2nc(CC(=O)Nc3ccc(C(N)=O)cc3)cs2)cc1. The summed E-state index contributed by atoms with van der Waals surface area (Å²) >= 11 is 1.53. The molecule has 1 heterocycles. The van der Waals surface area contributed by atoms with Crippen LogP contribution in [0.4, 0.5) is 5.69 Å². The number of hydrogen-bond donors (Lipinski definition) is 2. The van der Waals surface area contributed by atoms with E-state index < -0.39 is 5.91 Å². The molecule has 3 rings (SSSR count). The van der Waals surface area contributed by atoms with Gasteiger partial charge in [-0.1, -0.05) is 31.2 Å². The van der Waals surface area contributed by atoms with Gasteiger partial charge in [-0.2, -0.15) is 0 Å². The maximum absolute atomic E-state index is 12.2. The minimum Gasteiger partial charge on any atom is -0.366 e. The first kappa shape index (κ1) is 17.8. The van der Waals surface area contributed by atoms with Crippen LogP contribution in [0.25, 0.3) is 10.6 Å². The second-order valence-corrected chi connectivity index (χ2v) is 6.72. The van der Waals surface area contributed by atoms with Gasteiger partial charge in [0.25, 0.3) is 0 Å². The summed E-state index contributed by atoms with van der Waals surface area (Å²) in [7, 11) is 0. The minimum absolute atomic E-state index is 0.157. The number of anilines is 1. The maximum atomic E-state index is 12.2. The zero-order valence-electron chi connectivity index (χ0n) is 14.4. The third kappa shape index (κ3) is 4.34. The van der Waals surface area contributed by atoms with Crippen LogP contribution in [-0.2, 0) is 17.6 Å². The molecule has 0 spiro atoms. The number of nitrogens with one attached hydrogen (secondary N) is 1. The van der Waals surface area contributed by atoms with Crippen molar-refractivity contribution in [2.75, 3.05) is 5.32 Å². The third-order valence-electron chi connectivity index (χ3n) is 3.96. The molecule has 0 unspecified atom stereocenters. The molecule has 26 heavy (non-hydrogen) atoms. The monoisotopic (exact) mass is 365 g/mol. The van der Waals surface area contributed by atoms with E-state index in [1.54, 1.807) is 24.3 Å². The number of carbonyl (C=O) groups excluding carboxylic acids is 2. The number of aryl methyl sites for hydroxylation is 1. The average molecular weight is 365 g/mol. The van der Waals surface area contributed by atoms with Crippen molar-refractivity contribution in [3.63, 3.8) is 0 Å². The van der Waals surface area contributed by atoms with Gasteiger partial charge in [-0.05, 0) is 36.2 Å². The summed E-state index contributed by atoms with van der Waals surface area (Å²) in [5.41, 5.74) is 9.29. The number of carbonyl (C=O) groups is 2. The number of thiazole rings is 1. The number of primary amides is 1. The number of benzene rings is 2. The summed E-state index contributed by atoms with van der Waals surface area (Å²) in [6, 6.07) is 14.8. The number of aromatic nitrogens is 1. The van der Waals surface area contributed by atoms with Crippen LogP contribution in [-0.4, -0.2) is 16.8 Å². The largest absolute Gasteiger partial charge is 0.366 e. The fraction of sp³-hybridized carbons (Fsp3) is 0.150. The van der Waals surface area contributed by atoms with E-state index in [4.69, 9.17) is 5.73 Å². The lowest BCUT2D eigenvalue weighted by molar-refractivity contribution is -0.115. The van der Waals surface area contributed by atoms with E-state index in [1.165, 1.54) is 16.9 Å². The molecule has 6 heteroatoms. The predicted octanol–water partition coefficient (Wildman–Crippen LogP) is 3.65. The number of hydrogen-bond acceptors (Lipinski definition) is 4. The molecule has 0 aliphatic rings. The van der Waals surface area contributed by atoms with Crippen molar-refractivity contribution in [2.45, 2.75) is 19.8 Å². The predicted molar refractivity (Wildman–Crippen MR) is 104 cm³/mol. The van der Waals surface area contributed by atoms with E-state index in [-0.39, 0.29) is 12.3 Å². The zero-order chi connectivity index (χ0) is 18.5. The van der Waals surface area contributed by atoms with Crippen molar-refractivity contribution in [2.24, 2.45) is 5.73 Å². The molecule has 0 atom stereocenters. The van der Waals surface area contributed by atoms with Crippen LogP contribution in [0.5, 0.6) is 0 Å². The Kier molecular flexibility index (Phi) is 5.43. The molecule has 0 saturated heterocycles. The highest BCUT2D eigenvalue weighted by atomic mass is 32.1. The van der Waals surface area contributed by atoms with Gasteiger partial charge in [-0.25, -0.2) is 4.98 Å². The van der Waals surface area contributed by atoms with Crippen LogP contribution < -0.4 is 11.1 Å². The standard InChI is InChI=1S/C20H19N3O2S/c1-2-13-3-5-15(6-4-13)20-23-17(12-26-20)11-18(24)22-16-9-7-14(8-10-16)19(21)25/h3-10,12H,2,11H2,1H3,(H2,21,25)(H,22,24). The van der Waals surface area contributed by atoms with Crippen molar-refractivity contribution in [3.05, 3.63) is 70.7 Å². The van der Waals surface area contributed by atoms with Gasteiger partial charge in [0.2, 0.25) is 11.8 Å². The summed E-state index contributed by atoms with van der Waals surface area (Å²) in [5, 5.41) is 5.60. The van der Waals surface area contributed by atoms with E-state index in [1.807, 2.05) is 5.38 Å². The zero-order valence-corrected chi connectivity index (χ0v) is 15.2. The molecule has 132 valence electrons. The summed E-state index contributed by atoms with van der Waals surface area (Å²) in [6.45, 7) is 2.12. The van der Waals surface area contributed by atoms with Gasteiger partial charge >= 0.3 is 0 Å². The van der Waals surface area contributed by atoms with Crippen molar-refractivity contribution >= 4 is 28.8 Å². The van der Waals surface area contributed by atoms with Crippen molar-refractivity contribution in [3.8, 4) is 10.6 Å². The van der Waals surface area contributed by atoms with Crippen molar-refractivity contribution < 1.29 is 9.59 Å². The van der Waals surface area contributed by atoms with Gasteiger partial charge in [0.15, 0.2) is 0 Å². The van der Waals surface area contributed by atoms with Crippen LogP contribution in [0.15, 0.2) is 53.9 Å². The van der Waals surface area contributed by atoms with Gasteiger partial charge in [-0.3, -0.25) is 9.59 Å². The second kappa shape index (κ2) is 7.93. The Balaban J connectivity index is 1.62. The molecule has 5 nitrogen and oxygen atoms in total. The third-order valence-corrected chi connectivity index (χ3v) is 4.90. The Hall–Kier alpha value is -2.99. The molecule has 0 radical (unpaired) electrons. The molecular weight excluding hydrogens is 346 g/mol. The van der Waals surface area contributed by atoms with E-state index in [0.717, 1.165) is 22.7 Å². The first-order chi connectivity index (χ1) is 12.5. The van der Waals surface area contributed by atoms with Gasteiger partial charge in [0.05, 0.1) is 12.1 Å². The van der Waals surface area contributed by atoms with Gasteiger partial charge in [0, 0.05) is 22.2 Å². The molecular formula is C20H19N3O2S. The number of nitrogens with two attached hydrogens (primary N) is 1. The van der Waals surface area contributed by atoms with Crippen LogP contribution in [0.3, 0.4) is 0 Å². The minimum atomic E-state index is -0.496. The Morgan fingerprint density at radius 3 is 2.38 bits per heavy atom. The second-order valence-electron chi connectivity index (χ2n) is 5.86. The quantitative estimate of drug-likeness (QED) is 0.699. The number of amides is 2. The highest BCUT2D eigenvalue weighted by Crippen LogP contribution is 2.24. The lowest BCUT2D eigenvalue weighted by atomic mass is 10.1. The Labute approximate surface area is 155 Å². The molecule has 2 amide bonds. The van der Waals surface area contributed by atoms with E-state index in [2.05, 4.69) is 41.5 Å². The first-order valence-electron chi connectivity index (χ1n) is 8.28. The van der Waals surface area contributed by atoms with Crippen molar-refractivity contribution in [1.29, 1.82) is 0 Å². The molecule has 2 aromatic carbocycles. The summed E-state index contributed by atoms with van der Waals surface area (Å²) in [4.78, 5) is 27.8. The topological polar surface area (TPSA) is 85.1 Å². The molecule has 0 aliphatic carbocycles. The average Bonchev–Trinajstić information content (AvgIpc) is 3.10.